The maximum atomic E-state index is 12.2. The topological polar surface area (TPSA) is 81.4 Å². The molecule has 1 saturated heterocycles. The van der Waals surface area contributed by atoms with Gasteiger partial charge < -0.3 is 10.5 Å². The predicted molar refractivity (Wildman–Crippen MR) is 74.2 cm³/mol. The first-order valence-corrected chi connectivity index (χ1v) is 7.98. The van der Waals surface area contributed by atoms with Crippen molar-refractivity contribution in [3.05, 3.63) is 24.3 Å². The lowest BCUT2D eigenvalue weighted by atomic mass is 10.0. The minimum atomic E-state index is -3.54. The van der Waals surface area contributed by atoms with Gasteiger partial charge in [0.15, 0.2) is 0 Å². The summed E-state index contributed by atoms with van der Waals surface area (Å²) in [4.78, 5) is 0.141. The molecule has 6 heteroatoms. The third kappa shape index (κ3) is 3.26. The number of anilines is 1. The van der Waals surface area contributed by atoms with E-state index >= 15 is 0 Å². The molecule has 1 fully saturated rings. The maximum absolute atomic E-state index is 12.2. The molecule has 5 nitrogen and oxygen atoms in total. The molecule has 1 aliphatic rings. The molecule has 1 aliphatic heterocycles. The Hall–Kier alpha value is -1.11. The van der Waals surface area contributed by atoms with Gasteiger partial charge in [-0.3, -0.25) is 0 Å². The van der Waals surface area contributed by atoms with Crippen LogP contribution in [0.3, 0.4) is 0 Å². The highest BCUT2D eigenvalue weighted by Crippen LogP contribution is 2.24. The average molecular weight is 284 g/mol. The van der Waals surface area contributed by atoms with Crippen LogP contribution in [0.2, 0.25) is 0 Å². The van der Waals surface area contributed by atoms with Crippen LogP contribution in [0.1, 0.15) is 19.8 Å². The van der Waals surface area contributed by atoms with Gasteiger partial charge in [-0.25, -0.2) is 13.1 Å². The zero-order valence-corrected chi connectivity index (χ0v) is 11.8. The number of rotatable bonds is 5. The van der Waals surface area contributed by atoms with Crippen LogP contribution in [-0.2, 0) is 14.8 Å². The monoisotopic (exact) mass is 284 g/mol. The predicted octanol–water partition coefficient (Wildman–Crippen LogP) is 1.36. The zero-order chi connectivity index (χ0) is 13.9. The van der Waals surface area contributed by atoms with E-state index in [0.717, 1.165) is 12.8 Å². The van der Waals surface area contributed by atoms with Gasteiger partial charge in [0.1, 0.15) is 4.90 Å². The molecular weight excluding hydrogens is 264 g/mol. The number of nitrogens with one attached hydrogen (secondary N) is 1. The number of hydrogen-bond acceptors (Lipinski definition) is 4. The fraction of sp³-hybridized carbons (Fsp3) is 0.538. The second-order valence-corrected chi connectivity index (χ2v) is 6.49. The van der Waals surface area contributed by atoms with E-state index in [1.165, 1.54) is 6.07 Å². The van der Waals surface area contributed by atoms with E-state index in [1.807, 2.05) is 6.92 Å². The molecule has 0 amide bonds. The van der Waals surface area contributed by atoms with Gasteiger partial charge in [0, 0.05) is 19.1 Å². The Morgan fingerprint density at radius 1 is 1.42 bits per heavy atom. The Morgan fingerprint density at radius 3 is 2.84 bits per heavy atom. The third-order valence-electron chi connectivity index (χ3n) is 3.49. The summed E-state index contributed by atoms with van der Waals surface area (Å²) in [7, 11) is -3.54. The number of nitrogen functional groups attached to an aromatic ring is 1. The van der Waals surface area contributed by atoms with Crippen molar-refractivity contribution in [2.75, 3.05) is 18.9 Å². The summed E-state index contributed by atoms with van der Waals surface area (Å²) >= 11 is 0. The van der Waals surface area contributed by atoms with Crippen LogP contribution in [0.15, 0.2) is 29.2 Å². The molecule has 0 aromatic heterocycles. The van der Waals surface area contributed by atoms with E-state index in [2.05, 4.69) is 4.72 Å². The lowest BCUT2D eigenvalue weighted by molar-refractivity contribution is 0.0884. The summed E-state index contributed by atoms with van der Waals surface area (Å²) < 4.78 is 32.5. The molecule has 2 atom stereocenters. The standard InChI is InChI=1S/C13H20N2O3S/c1-2-12-10(7-8-18-12)9-15-19(16,17)13-6-4-3-5-11(13)14/h3-6,10,12,15H,2,7-9,14H2,1H3. The van der Waals surface area contributed by atoms with Gasteiger partial charge in [-0.1, -0.05) is 19.1 Å². The first-order chi connectivity index (χ1) is 9.04. The second-order valence-electron chi connectivity index (χ2n) is 4.76. The van der Waals surface area contributed by atoms with E-state index < -0.39 is 10.0 Å². The van der Waals surface area contributed by atoms with E-state index in [1.54, 1.807) is 18.2 Å². The molecular formula is C13H20N2O3S. The van der Waals surface area contributed by atoms with Crippen molar-refractivity contribution in [1.82, 2.24) is 4.72 Å². The molecule has 1 aromatic rings. The zero-order valence-electron chi connectivity index (χ0n) is 11.0. The Morgan fingerprint density at radius 2 is 2.16 bits per heavy atom. The third-order valence-corrected chi connectivity index (χ3v) is 4.99. The van der Waals surface area contributed by atoms with Gasteiger partial charge in [0.25, 0.3) is 0 Å². The van der Waals surface area contributed by atoms with Gasteiger partial charge >= 0.3 is 0 Å². The van der Waals surface area contributed by atoms with Crippen LogP contribution in [-0.4, -0.2) is 27.7 Å². The van der Waals surface area contributed by atoms with Crippen molar-refractivity contribution in [2.45, 2.75) is 30.8 Å². The molecule has 1 heterocycles. The van der Waals surface area contributed by atoms with Crippen LogP contribution in [0.4, 0.5) is 5.69 Å². The molecule has 0 spiro atoms. The molecule has 2 rings (SSSR count). The Kier molecular flexibility index (Phi) is 4.44. The van der Waals surface area contributed by atoms with Crippen LogP contribution in [0.25, 0.3) is 0 Å². The SMILES string of the molecule is CCC1OCCC1CNS(=O)(=O)c1ccccc1N. The Labute approximate surface area is 114 Å². The highest BCUT2D eigenvalue weighted by atomic mass is 32.2. The van der Waals surface area contributed by atoms with E-state index in [0.29, 0.717) is 13.2 Å². The molecule has 1 aromatic carbocycles. The Bertz CT molecular complexity index is 530. The number of hydrogen-bond donors (Lipinski definition) is 2. The first kappa shape index (κ1) is 14.3. The van der Waals surface area contributed by atoms with Crippen molar-refractivity contribution >= 4 is 15.7 Å². The van der Waals surface area contributed by atoms with Crippen LogP contribution in [0.5, 0.6) is 0 Å². The van der Waals surface area contributed by atoms with Crippen LogP contribution >= 0.6 is 0 Å². The smallest absolute Gasteiger partial charge is 0.242 e. The maximum Gasteiger partial charge on any atom is 0.242 e. The quantitative estimate of drug-likeness (QED) is 0.800. The molecule has 3 N–H and O–H groups in total. The normalized spacial score (nSPS) is 23.6. The summed E-state index contributed by atoms with van der Waals surface area (Å²) in [5.74, 6) is 0.240. The summed E-state index contributed by atoms with van der Waals surface area (Å²) in [6, 6.07) is 6.48. The second kappa shape index (κ2) is 5.90. The molecule has 0 aliphatic carbocycles. The lowest BCUT2D eigenvalue weighted by Crippen LogP contribution is -2.33. The summed E-state index contributed by atoms with van der Waals surface area (Å²) in [5.41, 5.74) is 5.97. The highest BCUT2D eigenvalue weighted by molar-refractivity contribution is 7.89. The van der Waals surface area contributed by atoms with Crippen molar-refractivity contribution in [3.8, 4) is 0 Å². The summed E-state index contributed by atoms with van der Waals surface area (Å²) in [6.45, 7) is 3.15. The van der Waals surface area contributed by atoms with Gasteiger partial charge in [-0.05, 0) is 25.0 Å². The Balaban J connectivity index is 2.04. The minimum absolute atomic E-state index is 0.141. The highest BCUT2D eigenvalue weighted by Gasteiger charge is 2.28. The average Bonchev–Trinajstić information content (AvgIpc) is 2.84. The molecule has 19 heavy (non-hydrogen) atoms. The van der Waals surface area contributed by atoms with Crippen molar-refractivity contribution in [1.29, 1.82) is 0 Å². The van der Waals surface area contributed by atoms with Crippen LogP contribution < -0.4 is 10.5 Å². The number of sulfonamides is 1. The summed E-state index contributed by atoms with van der Waals surface area (Å²) in [5, 5.41) is 0. The molecule has 106 valence electrons. The largest absolute Gasteiger partial charge is 0.398 e. The fourth-order valence-electron chi connectivity index (χ4n) is 2.40. The molecule has 0 saturated carbocycles. The van der Waals surface area contributed by atoms with Crippen molar-refractivity contribution in [3.63, 3.8) is 0 Å². The van der Waals surface area contributed by atoms with Crippen molar-refractivity contribution in [2.24, 2.45) is 5.92 Å². The van der Waals surface area contributed by atoms with Crippen LogP contribution in [0, 0.1) is 5.92 Å². The van der Waals surface area contributed by atoms with Gasteiger partial charge in [0.2, 0.25) is 10.0 Å². The number of nitrogens with two attached hydrogens (primary N) is 1. The van der Waals surface area contributed by atoms with E-state index in [9.17, 15) is 8.42 Å². The van der Waals surface area contributed by atoms with Gasteiger partial charge in [-0.2, -0.15) is 0 Å². The summed E-state index contributed by atoms with van der Waals surface area (Å²) in [6.07, 6.45) is 1.95. The fourth-order valence-corrected chi connectivity index (χ4v) is 3.62. The van der Waals surface area contributed by atoms with E-state index in [-0.39, 0.29) is 22.6 Å². The van der Waals surface area contributed by atoms with Gasteiger partial charge in [0.05, 0.1) is 11.8 Å². The number of ether oxygens (including phenoxy) is 1. The van der Waals surface area contributed by atoms with Crippen molar-refractivity contribution < 1.29 is 13.2 Å². The molecule has 0 bridgehead atoms. The number of para-hydroxylation sites is 1. The first-order valence-electron chi connectivity index (χ1n) is 6.50. The number of benzene rings is 1. The lowest BCUT2D eigenvalue weighted by Gasteiger charge is -2.17. The van der Waals surface area contributed by atoms with Gasteiger partial charge in [-0.15, -0.1) is 0 Å². The van der Waals surface area contributed by atoms with E-state index in [4.69, 9.17) is 10.5 Å². The minimum Gasteiger partial charge on any atom is -0.398 e. The molecule has 0 radical (unpaired) electrons. The molecule has 2 unspecified atom stereocenters.